The first-order valence-corrected chi connectivity index (χ1v) is 10.7. The first-order valence-electron chi connectivity index (χ1n) is 9.69. The Hall–Kier alpha value is -1.89. The molecule has 1 atom stereocenters. The van der Waals surface area contributed by atoms with Gasteiger partial charge in [-0.15, -0.1) is 11.8 Å². The second-order valence-electron chi connectivity index (χ2n) is 6.78. The summed E-state index contributed by atoms with van der Waals surface area (Å²) in [6, 6.07) is 8.09. The topological polar surface area (TPSA) is 74.8 Å². The number of hydrogen-bond acceptors (Lipinski definition) is 4. The van der Waals surface area contributed by atoms with E-state index in [1.807, 2.05) is 25.1 Å². The predicted molar refractivity (Wildman–Crippen MR) is 113 cm³/mol. The Bertz CT molecular complexity index is 620. The zero-order valence-electron chi connectivity index (χ0n) is 16.6. The summed E-state index contributed by atoms with van der Waals surface area (Å²) < 4.78 is 5.40. The molecule has 27 heavy (non-hydrogen) atoms. The minimum absolute atomic E-state index is 0.181. The van der Waals surface area contributed by atoms with Crippen molar-refractivity contribution in [2.24, 2.45) is 16.8 Å². The monoisotopic (exact) mass is 392 g/mol. The number of carbonyl (C=O) groups excluding carboxylic acids is 1. The second-order valence-corrected chi connectivity index (χ2v) is 7.84. The fourth-order valence-electron chi connectivity index (χ4n) is 2.47. The van der Waals surface area contributed by atoms with E-state index in [4.69, 9.17) is 4.74 Å². The van der Waals surface area contributed by atoms with Gasteiger partial charge >= 0.3 is 0 Å². The van der Waals surface area contributed by atoms with Crippen LogP contribution in [0.5, 0.6) is 5.75 Å². The Kier molecular flexibility index (Phi) is 9.31. The molecule has 2 rings (SSSR count). The SMILES string of the molecule is CCNC(=NCC(C)CSc1ccccc1OC)NCCNC(=O)C1CC1. The number of ether oxygens (including phenoxy) is 1. The van der Waals surface area contributed by atoms with Crippen LogP contribution in [0.4, 0.5) is 0 Å². The van der Waals surface area contributed by atoms with Crippen LogP contribution >= 0.6 is 11.8 Å². The lowest BCUT2D eigenvalue weighted by molar-refractivity contribution is -0.122. The number of hydrogen-bond donors (Lipinski definition) is 3. The number of guanidine groups is 1. The van der Waals surface area contributed by atoms with Crippen LogP contribution in [-0.4, -0.2) is 50.9 Å². The van der Waals surface area contributed by atoms with Crippen molar-refractivity contribution in [3.05, 3.63) is 24.3 Å². The van der Waals surface area contributed by atoms with Gasteiger partial charge in [-0.05, 0) is 37.8 Å². The van der Waals surface area contributed by atoms with Gasteiger partial charge in [0.2, 0.25) is 5.91 Å². The fraction of sp³-hybridized carbons (Fsp3) is 0.600. The van der Waals surface area contributed by atoms with Crippen molar-refractivity contribution in [1.29, 1.82) is 0 Å². The third-order valence-corrected chi connectivity index (χ3v) is 5.55. The highest BCUT2D eigenvalue weighted by Crippen LogP contribution is 2.30. The number of nitrogens with zero attached hydrogens (tertiary/aromatic N) is 1. The van der Waals surface area contributed by atoms with Gasteiger partial charge < -0.3 is 20.7 Å². The molecule has 0 radical (unpaired) electrons. The van der Waals surface area contributed by atoms with Gasteiger partial charge in [-0.1, -0.05) is 19.1 Å². The number of nitrogens with one attached hydrogen (secondary N) is 3. The quantitative estimate of drug-likeness (QED) is 0.234. The third-order valence-electron chi connectivity index (χ3n) is 4.16. The van der Waals surface area contributed by atoms with Crippen LogP contribution in [-0.2, 0) is 4.79 Å². The number of rotatable bonds is 11. The van der Waals surface area contributed by atoms with E-state index in [2.05, 4.69) is 33.9 Å². The van der Waals surface area contributed by atoms with Gasteiger partial charge in [-0.3, -0.25) is 9.79 Å². The number of benzene rings is 1. The summed E-state index contributed by atoms with van der Waals surface area (Å²) in [7, 11) is 1.70. The van der Waals surface area contributed by atoms with E-state index in [9.17, 15) is 4.79 Å². The highest BCUT2D eigenvalue weighted by atomic mass is 32.2. The molecule has 1 fully saturated rings. The number of carbonyl (C=O) groups is 1. The molecule has 1 aromatic carbocycles. The first-order chi connectivity index (χ1) is 13.1. The van der Waals surface area contributed by atoms with E-state index in [0.29, 0.717) is 19.0 Å². The van der Waals surface area contributed by atoms with Crippen LogP contribution in [0.15, 0.2) is 34.2 Å². The van der Waals surface area contributed by atoms with E-state index < -0.39 is 0 Å². The van der Waals surface area contributed by atoms with Gasteiger partial charge in [0.25, 0.3) is 0 Å². The molecule has 0 aliphatic heterocycles. The highest BCUT2D eigenvalue weighted by molar-refractivity contribution is 7.99. The smallest absolute Gasteiger partial charge is 0.223 e. The summed E-state index contributed by atoms with van der Waals surface area (Å²) >= 11 is 1.80. The molecule has 6 nitrogen and oxygen atoms in total. The van der Waals surface area contributed by atoms with E-state index in [0.717, 1.165) is 48.3 Å². The number of aliphatic imine (C=N–C) groups is 1. The Labute approximate surface area is 166 Å². The molecule has 0 saturated heterocycles. The van der Waals surface area contributed by atoms with Crippen molar-refractivity contribution in [1.82, 2.24) is 16.0 Å². The molecule has 1 aliphatic carbocycles. The van der Waals surface area contributed by atoms with Crippen molar-refractivity contribution in [3.8, 4) is 5.75 Å². The van der Waals surface area contributed by atoms with Gasteiger partial charge in [0.15, 0.2) is 5.96 Å². The van der Waals surface area contributed by atoms with Crippen molar-refractivity contribution >= 4 is 23.6 Å². The summed E-state index contributed by atoms with van der Waals surface area (Å²) in [6.07, 6.45) is 2.07. The first kappa shape index (κ1) is 21.4. The minimum Gasteiger partial charge on any atom is -0.496 e. The minimum atomic E-state index is 0.181. The number of thioether (sulfide) groups is 1. The average molecular weight is 393 g/mol. The maximum Gasteiger partial charge on any atom is 0.223 e. The van der Waals surface area contributed by atoms with Gasteiger partial charge in [-0.25, -0.2) is 0 Å². The van der Waals surface area contributed by atoms with Crippen molar-refractivity contribution < 1.29 is 9.53 Å². The lowest BCUT2D eigenvalue weighted by Gasteiger charge is -2.14. The van der Waals surface area contributed by atoms with E-state index in [-0.39, 0.29) is 11.8 Å². The molecule has 0 aromatic heterocycles. The molecule has 1 amide bonds. The van der Waals surface area contributed by atoms with Gasteiger partial charge in [0.05, 0.1) is 7.11 Å². The van der Waals surface area contributed by atoms with Crippen molar-refractivity contribution in [3.63, 3.8) is 0 Å². The normalized spacial score (nSPS) is 15.1. The molecule has 1 aromatic rings. The van der Waals surface area contributed by atoms with Crippen molar-refractivity contribution in [2.45, 2.75) is 31.6 Å². The van der Waals surface area contributed by atoms with E-state index in [1.54, 1.807) is 18.9 Å². The molecule has 0 spiro atoms. The number of amides is 1. The van der Waals surface area contributed by atoms with E-state index >= 15 is 0 Å². The molecule has 1 saturated carbocycles. The molecule has 3 N–H and O–H groups in total. The molecule has 150 valence electrons. The molecule has 7 heteroatoms. The Morgan fingerprint density at radius 1 is 1.26 bits per heavy atom. The molecule has 1 unspecified atom stereocenters. The molecule has 0 bridgehead atoms. The number of methoxy groups -OCH3 is 1. The maximum atomic E-state index is 11.6. The summed E-state index contributed by atoms with van der Waals surface area (Å²) in [4.78, 5) is 17.5. The largest absolute Gasteiger partial charge is 0.496 e. The Balaban J connectivity index is 1.70. The molecular weight excluding hydrogens is 360 g/mol. The molecule has 0 heterocycles. The van der Waals surface area contributed by atoms with Crippen LogP contribution in [0, 0.1) is 11.8 Å². The van der Waals surface area contributed by atoms with Crippen LogP contribution in [0.3, 0.4) is 0 Å². The van der Waals surface area contributed by atoms with Gasteiger partial charge in [0, 0.05) is 42.7 Å². The summed E-state index contributed by atoms with van der Waals surface area (Å²) in [5, 5.41) is 9.49. The Morgan fingerprint density at radius 3 is 2.70 bits per heavy atom. The van der Waals surface area contributed by atoms with E-state index in [1.165, 1.54) is 0 Å². The maximum absolute atomic E-state index is 11.6. The predicted octanol–water partition coefficient (Wildman–Crippen LogP) is 2.50. The standard InChI is InChI=1S/C20H32N4O2S/c1-4-21-20(23-12-11-22-19(25)16-9-10-16)24-13-15(2)14-27-18-8-6-5-7-17(18)26-3/h5-8,15-16H,4,9-14H2,1-3H3,(H,22,25)(H2,21,23,24). The van der Waals surface area contributed by atoms with Gasteiger partial charge in [-0.2, -0.15) is 0 Å². The van der Waals surface area contributed by atoms with Crippen LogP contribution < -0.4 is 20.7 Å². The average Bonchev–Trinajstić information content (AvgIpc) is 3.53. The fourth-order valence-corrected chi connectivity index (χ4v) is 3.51. The summed E-state index contributed by atoms with van der Waals surface area (Å²) in [6.45, 7) is 7.10. The second kappa shape index (κ2) is 11.7. The van der Waals surface area contributed by atoms with Crippen LogP contribution in [0.25, 0.3) is 0 Å². The lowest BCUT2D eigenvalue weighted by Crippen LogP contribution is -2.42. The zero-order chi connectivity index (χ0) is 19.5. The lowest BCUT2D eigenvalue weighted by atomic mass is 10.2. The summed E-state index contributed by atoms with van der Waals surface area (Å²) in [5.74, 6) is 3.56. The Morgan fingerprint density at radius 2 is 2.00 bits per heavy atom. The van der Waals surface area contributed by atoms with Gasteiger partial charge in [0.1, 0.15) is 5.75 Å². The van der Waals surface area contributed by atoms with Crippen LogP contribution in [0.1, 0.15) is 26.7 Å². The zero-order valence-corrected chi connectivity index (χ0v) is 17.4. The third kappa shape index (κ3) is 8.12. The van der Waals surface area contributed by atoms with Crippen molar-refractivity contribution in [2.75, 3.05) is 39.0 Å². The molecule has 1 aliphatic rings. The highest BCUT2D eigenvalue weighted by Gasteiger charge is 2.28. The van der Waals surface area contributed by atoms with Crippen LogP contribution in [0.2, 0.25) is 0 Å². The summed E-state index contributed by atoms with van der Waals surface area (Å²) in [5.41, 5.74) is 0. The molecular formula is C20H32N4O2S. The number of para-hydroxylation sites is 1.